The second kappa shape index (κ2) is 6.74. The Kier molecular flexibility index (Phi) is 4.42. The second-order valence-electron chi connectivity index (χ2n) is 6.22. The molecule has 0 spiro atoms. The molecule has 0 aliphatic carbocycles. The Morgan fingerprint density at radius 1 is 1.35 bits per heavy atom. The van der Waals surface area contributed by atoms with Gasteiger partial charge in [-0.3, -0.25) is 9.20 Å². The van der Waals surface area contributed by atoms with Crippen LogP contribution in [0.2, 0.25) is 0 Å². The van der Waals surface area contributed by atoms with Crippen molar-refractivity contribution < 1.29 is 14.3 Å². The van der Waals surface area contributed by atoms with E-state index in [1.54, 1.807) is 11.0 Å². The Hall–Kier alpha value is -2.38. The standard InChI is InChI=1S/C19H18FN3O2S/c1-26-19-21-17(15-5-2-3-9-23(15)19)18(25)22-10-4-6-16(24)13-11-12(20)7-8-14(13)22/h2-3,5,7-9,11,16,24H,4,6,10H2,1H3/t16-/m0/s1. The molecule has 0 bridgehead atoms. The van der Waals surface area contributed by atoms with Crippen LogP contribution in [0, 0.1) is 5.82 Å². The van der Waals surface area contributed by atoms with Gasteiger partial charge < -0.3 is 10.0 Å². The highest BCUT2D eigenvalue weighted by Gasteiger charge is 2.29. The maximum atomic E-state index is 13.7. The van der Waals surface area contributed by atoms with Crippen LogP contribution in [0.4, 0.5) is 10.1 Å². The van der Waals surface area contributed by atoms with Crippen molar-refractivity contribution in [3.8, 4) is 0 Å². The number of carbonyl (C=O) groups is 1. The summed E-state index contributed by atoms with van der Waals surface area (Å²) in [6.07, 6.45) is 4.13. The summed E-state index contributed by atoms with van der Waals surface area (Å²) in [5.41, 5.74) is 2.09. The molecule has 1 amide bonds. The molecule has 5 nitrogen and oxygen atoms in total. The number of carbonyl (C=O) groups excluding carboxylic acids is 1. The van der Waals surface area contributed by atoms with Gasteiger partial charge in [-0.05, 0) is 49.4 Å². The van der Waals surface area contributed by atoms with E-state index in [1.807, 2.05) is 35.1 Å². The van der Waals surface area contributed by atoms with Gasteiger partial charge in [0.15, 0.2) is 10.9 Å². The van der Waals surface area contributed by atoms with Crippen LogP contribution in [0.3, 0.4) is 0 Å². The average molecular weight is 371 g/mol. The summed E-state index contributed by atoms with van der Waals surface area (Å²) in [5, 5.41) is 11.1. The van der Waals surface area contributed by atoms with Crippen molar-refractivity contribution in [2.75, 3.05) is 17.7 Å². The third-order valence-electron chi connectivity index (χ3n) is 4.64. The van der Waals surface area contributed by atoms with Crippen molar-refractivity contribution in [2.45, 2.75) is 24.1 Å². The lowest BCUT2D eigenvalue weighted by molar-refractivity contribution is 0.0983. The highest BCUT2D eigenvalue weighted by Crippen LogP contribution is 2.34. The number of halogens is 1. The molecule has 3 aromatic rings. The molecule has 0 fully saturated rings. The Morgan fingerprint density at radius 2 is 2.19 bits per heavy atom. The number of aromatic nitrogens is 2. The number of rotatable bonds is 2. The normalized spacial score (nSPS) is 17.2. The number of benzene rings is 1. The number of fused-ring (bicyclic) bond motifs is 2. The van der Waals surface area contributed by atoms with Gasteiger partial charge in [0.1, 0.15) is 5.82 Å². The summed E-state index contributed by atoms with van der Waals surface area (Å²) in [6, 6.07) is 9.81. The summed E-state index contributed by atoms with van der Waals surface area (Å²) < 4.78 is 15.6. The molecule has 1 N–H and O–H groups in total. The zero-order valence-corrected chi connectivity index (χ0v) is 15.0. The van der Waals surface area contributed by atoms with Gasteiger partial charge in [-0.25, -0.2) is 9.37 Å². The third-order valence-corrected chi connectivity index (χ3v) is 5.30. The van der Waals surface area contributed by atoms with Gasteiger partial charge >= 0.3 is 0 Å². The topological polar surface area (TPSA) is 57.8 Å². The molecule has 2 aromatic heterocycles. The van der Waals surface area contributed by atoms with E-state index in [4.69, 9.17) is 0 Å². The minimum absolute atomic E-state index is 0.240. The van der Waals surface area contributed by atoms with E-state index in [2.05, 4.69) is 4.98 Å². The van der Waals surface area contributed by atoms with Crippen LogP contribution in [-0.2, 0) is 0 Å². The molecule has 1 aliphatic heterocycles. The summed E-state index contributed by atoms with van der Waals surface area (Å²) >= 11 is 1.47. The van der Waals surface area contributed by atoms with E-state index in [1.165, 1.54) is 23.9 Å². The molecule has 0 unspecified atom stereocenters. The van der Waals surface area contributed by atoms with E-state index in [0.29, 0.717) is 36.3 Å². The number of hydrogen-bond acceptors (Lipinski definition) is 4. The molecule has 1 aliphatic rings. The van der Waals surface area contributed by atoms with E-state index in [0.717, 1.165) is 10.7 Å². The minimum Gasteiger partial charge on any atom is -0.388 e. The largest absolute Gasteiger partial charge is 0.388 e. The Labute approximate surface area is 154 Å². The molecular weight excluding hydrogens is 353 g/mol. The van der Waals surface area contributed by atoms with Crippen LogP contribution in [0.25, 0.3) is 5.52 Å². The molecule has 3 heterocycles. The van der Waals surface area contributed by atoms with Gasteiger partial charge in [-0.15, -0.1) is 0 Å². The number of imidazole rings is 1. The minimum atomic E-state index is -0.779. The summed E-state index contributed by atoms with van der Waals surface area (Å²) in [6.45, 7) is 0.453. The maximum Gasteiger partial charge on any atom is 0.279 e. The predicted octanol–water partition coefficient (Wildman–Crippen LogP) is 3.67. The molecule has 7 heteroatoms. The quantitative estimate of drug-likeness (QED) is 0.699. The molecule has 1 aromatic carbocycles. The van der Waals surface area contributed by atoms with Gasteiger partial charge in [0.25, 0.3) is 5.91 Å². The number of amides is 1. The first-order valence-corrected chi connectivity index (χ1v) is 9.63. The van der Waals surface area contributed by atoms with Crippen LogP contribution in [0.5, 0.6) is 0 Å². The lowest BCUT2D eigenvalue weighted by Crippen LogP contribution is -2.32. The highest BCUT2D eigenvalue weighted by atomic mass is 32.2. The molecule has 0 radical (unpaired) electrons. The van der Waals surface area contributed by atoms with Gasteiger partial charge in [-0.2, -0.15) is 0 Å². The number of aliphatic hydroxyl groups is 1. The van der Waals surface area contributed by atoms with Crippen LogP contribution in [-0.4, -0.2) is 33.2 Å². The first-order valence-electron chi connectivity index (χ1n) is 8.40. The van der Waals surface area contributed by atoms with Gasteiger partial charge in [0.2, 0.25) is 0 Å². The number of anilines is 1. The average Bonchev–Trinajstić information content (AvgIpc) is 2.95. The number of thioether (sulfide) groups is 1. The van der Waals surface area contributed by atoms with E-state index < -0.39 is 11.9 Å². The number of hydrogen-bond donors (Lipinski definition) is 1. The monoisotopic (exact) mass is 371 g/mol. The van der Waals surface area contributed by atoms with Crippen molar-refractivity contribution in [3.63, 3.8) is 0 Å². The fraction of sp³-hybridized carbons (Fsp3) is 0.263. The maximum absolute atomic E-state index is 13.7. The SMILES string of the molecule is CSc1nc(C(=O)N2CCC[C@H](O)c3cc(F)ccc32)c2ccccn12. The van der Waals surface area contributed by atoms with Gasteiger partial charge in [-0.1, -0.05) is 17.8 Å². The van der Waals surface area contributed by atoms with Crippen molar-refractivity contribution in [1.29, 1.82) is 0 Å². The second-order valence-corrected chi connectivity index (χ2v) is 6.99. The molecular formula is C19H18FN3O2S. The zero-order chi connectivity index (χ0) is 18.3. The predicted molar refractivity (Wildman–Crippen MR) is 99.2 cm³/mol. The molecule has 4 rings (SSSR count). The molecule has 26 heavy (non-hydrogen) atoms. The smallest absolute Gasteiger partial charge is 0.279 e. The van der Waals surface area contributed by atoms with Crippen molar-refractivity contribution in [2.24, 2.45) is 0 Å². The molecule has 1 atom stereocenters. The third kappa shape index (κ3) is 2.77. The number of aliphatic hydroxyl groups excluding tert-OH is 1. The number of nitrogens with zero attached hydrogens (tertiary/aromatic N) is 3. The van der Waals surface area contributed by atoms with E-state index >= 15 is 0 Å². The Bertz CT molecular complexity index is 988. The van der Waals surface area contributed by atoms with Crippen molar-refractivity contribution in [1.82, 2.24) is 9.38 Å². The Morgan fingerprint density at radius 3 is 3.00 bits per heavy atom. The van der Waals surface area contributed by atoms with E-state index in [9.17, 15) is 14.3 Å². The van der Waals surface area contributed by atoms with Crippen LogP contribution in [0.15, 0.2) is 47.8 Å². The number of pyridine rings is 1. The van der Waals surface area contributed by atoms with Crippen molar-refractivity contribution >= 4 is 28.9 Å². The Balaban J connectivity index is 1.83. The van der Waals surface area contributed by atoms with E-state index in [-0.39, 0.29) is 5.91 Å². The molecule has 0 saturated heterocycles. The first-order chi connectivity index (χ1) is 12.6. The van der Waals surface area contributed by atoms with Gasteiger partial charge in [0, 0.05) is 24.0 Å². The van der Waals surface area contributed by atoms with Gasteiger partial charge in [0.05, 0.1) is 11.6 Å². The molecule has 0 saturated carbocycles. The zero-order valence-electron chi connectivity index (χ0n) is 14.2. The van der Waals surface area contributed by atoms with Crippen LogP contribution < -0.4 is 4.90 Å². The summed E-state index contributed by atoms with van der Waals surface area (Å²) in [7, 11) is 0. The first kappa shape index (κ1) is 17.1. The summed E-state index contributed by atoms with van der Waals surface area (Å²) in [5.74, 6) is -0.662. The fourth-order valence-electron chi connectivity index (χ4n) is 3.41. The van der Waals surface area contributed by atoms with Crippen LogP contribution in [0.1, 0.15) is 35.0 Å². The fourth-order valence-corrected chi connectivity index (χ4v) is 3.95. The van der Waals surface area contributed by atoms with Crippen molar-refractivity contribution in [3.05, 3.63) is 59.7 Å². The van der Waals surface area contributed by atoms with Crippen LogP contribution >= 0.6 is 11.8 Å². The summed E-state index contributed by atoms with van der Waals surface area (Å²) in [4.78, 5) is 19.4. The highest BCUT2D eigenvalue weighted by molar-refractivity contribution is 7.98. The lowest BCUT2D eigenvalue weighted by atomic mass is 10.0. The lowest BCUT2D eigenvalue weighted by Gasteiger charge is -2.22. The molecule has 134 valence electrons.